The quantitative estimate of drug-likeness (QED) is 0.295. The van der Waals surface area contributed by atoms with Gasteiger partial charge in [0.05, 0.1) is 36.1 Å². The summed E-state index contributed by atoms with van der Waals surface area (Å²) < 4.78 is 7.22. The molecular weight excluding hydrogens is 506 g/mol. The molecular formula is C24H21BrN3O4S-. The molecule has 9 heteroatoms. The smallest absolute Gasteiger partial charge is 0.269 e. The first-order chi connectivity index (χ1) is 15.5. The molecule has 0 bridgehead atoms. The summed E-state index contributed by atoms with van der Waals surface area (Å²) in [7, 11) is 1.62. The van der Waals surface area contributed by atoms with Gasteiger partial charge in [-0.3, -0.25) is 10.1 Å². The summed E-state index contributed by atoms with van der Waals surface area (Å²) in [6.45, 7) is 0.244. The molecule has 7 nitrogen and oxygen atoms in total. The van der Waals surface area contributed by atoms with Gasteiger partial charge >= 0.3 is 0 Å². The average molecular weight is 527 g/mol. The van der Waals surface area contributed by atoms with Crippen LogP contribution in [0.2, 0.25) is 0 Å². The SMILES string of the molecule is COc1ccc(-c2csc(=Nc3ccccc3)n2CC(O)c2ccc([N+](=O)[O-])cc2)cc1.[Br-]. The highest BCUT2D eigenvalue weighted by molar-refractivity contribution is 7.07. The van der Waals surface area contributed by atoms with Crippen molar-refractivity contribution in [2.24, 2.45) is 4.99 Å². The molecule has 0 saturated carbocycles. The molecule has 0 amide bonds. The standard InChI is InChI=1S/C24H21N3O4S.BrH/c1-31-21-13-9-17(10-14-21)22-16-32-24(25-19-5-3-2-4-6-19)26(22)15-23(28)18-7-11-20(12-8-18)27(29)30;/h2-14,16,23,28H,15H2,1H3;1H/p-1. The molecule has 1 unspecified atom stereocenters. The van der Waals surface area contributed by atoms with E-state index in [2.05, 4.69) is 0 Å². The fourth-order valence-electron chi connectivity index (χ4n) is 3.30. The van der Waals surface area contributed by atoms with E-state index in [1.54, 1.807) is 19.2 Å². The molecule has 0 aliphatic carbocycles. The number of hydrogen-bond donors (Lipinski definition) is 1. The highest BCUT2D eigenvalue weighted by Gasteiger charge is 2.16. The van der Waals surface area contributed by atoms with Crippen LogP contribution in [0.3, 0.4) is 0 Å². The molecule has 3 aromatic carbocycles. The van der Waals surface area contributed by atoms with Crippen molar-refractivity contribution in [3.05, 3.63) is 105 Å². The molecule has 0 aliphatic rings. The summed E-state index contributed by atoms with van der Waals surface area (Å²) >= 11 is 1.48. The number of nitro groups is 1. The fraction of sp³-hybridized carbons (Fsp3) is 0.125. The van der Waals surface area contributed by atoms with Gasteiger partial charge in [-0.05, 0) is 59.7 Å². The Morgan fingerprint density at radius 1 is 1.06 bits per heavy atom. The summed E-state index contributed by atoms with van der Waals surface area (Å²) in [5.74, 6) is 0.760. The molecule has 4 rings (SSSR count). The number of halogens is 1. The van der Waals surface area contributed by atoms with Crippen LogP contribution in [0.1, 0.15) is 11.7 Å². The van der Waals surface area contributed by atoms with E-state index in [1.807, 2.05) is 64.5 Å². The maximum absolute atomic E-state index is 10.9. The zero-order valence-electron chi connectivity index (χ0n) is 17.7. The summed E-state index contributed by atoms with van der Waals surface area (Å²) in [5.41, 5.74) is 3.28. The van der Waals surface area contributed by atoms with Crippen LogP contribution in [-0.4, -0.2) is 21.7 Å². The van der Waals surface area contributed by atoms with Gasteiger partial charge in [-0.2, -0.15) is 0 Å². The van der Waals surface area contributed by atoms with Gasteiger partial charge in [0.25, 0.3) is 5.69 Å². The van der Waals surface area contributed by atoms with E-state index in [-0.39, 0.29) is 29.2 Å². The van der Waals surface area contributed by atoms with E-state index in [9.17, 15) is 15.2 Å². The Morgan fingerprint density at radius 3 is 2.33 bits per heavy atom. The number of thiazole rings is 1. The first-order valence-electron chi connectivity index (χ1n) is 9.90. The molecule has 0 aliphatic heterocycles. The van der Waals surface area contributed by atoms with Gasteiger partial charge in [0.15, 0.2) is 4.80 Å². The Hall–Kier alpha value is -3.27. The molecule has 170 valence electrons. The molecule has 0 spiro atoms. The second kappa shape index (κ2) is 11.0. The van der Waals surface area contributed by atoms with Crippen molar-refractivity contribution >= 4 is 22.7 Å². The van der Waals surface area contributed by atoms with E-state index in [1.165, 1.54) is 23.5 Å². The van der Waals surface area contributed by atoms with Crippen molar-refractivity contribution in [2.45, 2.75) is 12.6 Å². The van der Waals surface area contributed by atoms with Gasteiger partial charge in [0.2, 0.25) is 0 Å². The first kappa shape index (κ1) is 24.4. The molecule has 0 saturated heterocycles. The Balaban J connectivity index is 0.00000306. The topological polar surface area (TPSA) is 89.9 Å². The second-order valence-electron chi connectivity index (χ2n) is 7.05. The van der Waals surface area contributed by atoms with Crippen molar-refractivity contribution < 1.29 is 31.7 Å². The van der Waals surface area contributed by atoms with Gasteiger partial charge in [0, 0.05) is 17.5 Å². The molecule has 1 atom stereocenters. The Kier molecular flexibility index (Phi) is 8.16. The second-order valence-corrected chi connectivity index (χ2v) is 7.89. The van der Waals surface area contributed by atoms with Gasteiger partial charge < -0.3 is 31.4 Å². The van der Waals surface area contributed by atoms with E-state index in [4.69, 9.17) is 9.73 Å². The third-order valence-corrected chi connectivity index (χ3v) is 5.87. The minimum Gasteiger partial charge on any atom is -1.00 e. The number of aliphatic hydroxyl groups excluding tert-OH is 1. The number of aromatic nitrogens is 1. The van der Waals surface area contributed by atoms with E-state index >= 15 is 0 Å². The number of ether oxygens (including phenoxy) is 1. The monoisotopic (exact) mass is 526 g/mol. The largest absolute Gasteiger partial charge is 1.00 e. The lowest BCUT2D eigenvalue weighted by molar-refractivity contribution is -0.384. The van der Waals surface area contributed by atoms with Crippen LogP contribution in [0.4, 0.5) is 11.4 Å². The zero-order chi connectivity index (χ0) is 22.5. The fourth-order valence-corrected chi connectivity index (χ4v) is 4.24. The maximum Gasteiger partial charge on any atom is 0.269 e. The molecule has 0 radical (unpaired) electrons. The molecule has 33 heavy (non-hydrogen) atoms. The van der Waals surface area contributed by atoms with E-state index in [0.717, 1.165) is 27.5 Å². The van der Waals surface area contributed by atoms with Crippen molar-refractivity contribution in [1.82, 2.24) is 4.57 Å². The van der Waals surface area contributed by atoms with Crippen LogP contribution in [0, 0.1) is 10.1 Å². The number of hydrogen-bond acceptors (Lipinski definition) is 6. The van der Waals surface area contributed by atoms with Crippen LogP contribution >= 0.6 is 11.3 Å². The lowest BCUT2D eigenvalue weighted by Crippen LogP contribution is -3.00. The summed E-state index contributed by atoms with van der Waals surface area (Å²) in [4.78, 5) is 16.0. The molecule has 1 N–H and O–H groups in total. The third kappa shape index (κ3) is 5.75. The van der Waals surface area contributed by atoms with E-state index < -0.39 is 11.0 Å². The Morgan fingerprint density at radius 2 is 1.73 bits per heavy atom. The summed E-state index contributed by atoms with van der Waals surface area (Å²) in [5, 5.41) is 23.8. The zero-order valence-corrected chi connectivity index (χ0v) is 20.1. The predicted octanol–water partition coefficient (Wildman–Crippen LogP) is 2.10. The number of aliphatic hydroxyl groups is 1. The predicted molar refractivity (Wildman–Crippen MR) is 124 cm³/mol. The molecule has 1 heterocycles. The number of nitrogens with zero attached hydrogens (tertiary/aromatic N) is 3. The number of nitro benzene ring substituents is 1. The number of para-hydroxylation sites is 1. The van der Waals surface area contributed by atoms with Gasteiger partial charge in [0.1, 0.15) is 5.75 Å². The van der Waals surface area contributed by atoms with Crippen molar-refractivity contribution in [3.8, 4) is 17.0 Å². The highest BCUT2D eigenvalue weighted by Crippen LogP contribution is 2.26. The van der Waals surface area contributed by atoms with Gasteiger partial charge in [-0.25, -0.2) is 4.99 Å². The number of methoxy groups -OCH3 is 1. The summed E-state index contributed by atoms with van der Waals surface area (Å²) in [6.07, 6.45) is -0.864. The number of non-ortho nitro benzene ring substituents is 1. The summed E-state index contributed by atoms with van der Waals surface area (Å²) in [6, 6.07) is 23.3. The third-order valence-electron chi connectivity index (χ3n) is 5.01. The van der Waals surface area contributed by atoms with Gasteiger partial charge in [-0.1, -0.05) is 18.2 Å². The number of rotatable bonds is 7. The van der Waals surface area contributed by atoms with Crippen LogP contribution in [0.15, 0.2) is 89.2 Å². The first-order valence-corrected chi connectivity index (χ1v) is 10.8. The van der Waals surface area contributed by atoms with Crippen LogP contribution < -0.4 is 26.5 Å². The Labute approximate surface area is 205 Å². The lowest BCUT2D eigenvalue weighted by atomic mass is 10.1. The van der Waals surface area contributed by atoms with Crippen molar-refractivity contribution in [1.29, 1.82) is 0 Å². The Bertz CT molecular complexity index is 1270. The molecule has 1 aromatic heterocycles. The lowest BCUT2D eigenvalue weighted by Gasteiger charge is -2.15. The van der Waals surface area contributed by atoms with Crippen LogP contribution in [-0.2, 0) is 6.54 Å². The average Bonchev–Trinajstić information content (AvgIpc) is 3.21. The van der Waals surface area contributed by atoms with E-state index in [0.29, 0.717) is 5.56 Å². The molecule has 0 fully saturated rings. The maximum atomic E-state index is 10.9. The van der Waals surface area contributed by atoms with Crippen LogP contribution in [0.5, 0.6) is 5.75 Å². The van der Waals surface area contributed by atoms with Gasteiger partial charge in [-0.15, -0.1) is 11.3 Å². The molecule has 4 aromatic rings. The normalized spacial score (nSPS) is 12.1. The number of benzene rings is 3. The van der Waals surface area contributed by atoms with Crippen molar-refractivity contribution in [2.75, 3.05) is 7.11 Å². The van der Waals surface area contributed by atoms with Crippen molar-refractivity contribution in [3.63, 3.8) is 0 Å². The minimum absolute atomic E-state index is 0. The minimum atomic E-state index is -0.864. The highest BCUT2D eigenvalue weighted by atomic mass is 79.9. The van der Waals surface area contributed by atoms with Crippen LogP contribution in [0.25, 0.3) is 11.3 Å².